The first-order valence-electron chi connectivity index (χ1n) is 6.00. The van der Waals surface area contributed by atoms with Crippen molar-refractivity contribution in [3.8, 4) is 0 Å². The van der Waals surface area contributed by atoms with E-state index in [1.165, 1.54) is 0 Å². The highest BCUT2D eigenvalue weighted by Crippen LogP contribution is 2.21. The quantitative estimate of drug-likeness (QED) is 0.840. The van der Waals surface area contributed by atoms with Gasteiger partial charge in [0.15, 0.2) is 5.82 Å². The topological polar surface area (TPSA) is 74.2 Å². The summed E-state index contributed by atoms with van der Waals surface area (Å²) in [5.74, 6) is 1.04. The predicted octanol–water partition coefficient (Wildman–Crippen LogP) is 1.70. The van der Waals surface area contributed by atoms with Gasteiger partial charge in [-0.1, -0.05) is 35.5 Å². The molecule has 1 aromatic carbocycles. The summed E-state index contributed by atoms with van der Waals surface area (Å²) in [5.41, 5.74) is 6.86. The molecule has 1 heterocycles. The number of nitrogens with two attached hydrogens (primary N) is 1. The minimum atomic E-state index is -0.0610. The normalized spacial score (nSPS) is 12.6. The van der Waals surface area contributed by atoms with Crippen LogP contribution in [0.3, 0.4) is 0 Å². The van der Waals surface area contributed by atoms with Gasteiger partial charge in [0.25, 0.3) is 0 Å². The van der Waals surface area contributed by atoms with Crippen LogP contribution in [0.1, 0.15) is 30.1 Å². The van der Waals surface area contributed by atoms with Crippen LogP contribution in [0.2, 0.25) is 0 Å². The second kappa shape index (κ2) is 6.28. The number of ether oxygens (including phenoxy) is 1. The summed E-state index contributed by atoms with van der Waals surface area (Å²) in [6.07, 6.45) is 0. The fraction of sp³-hybridized carbons (Fsp3) is 0.385. The molecule has 2 rings (SSSR count). The Morgan fingerprint density at radius 1 is 1.33 bits per heavy atom. The van der Waals surface area contributed by atoms with Gasteiger partial charge in [0.05, 0.1) is 5.92 Å². The summed E-state index contributed by atoms with van der Waals surface area (Å²) in [6.45, 7) is 3.35. The Labute approximate surface area is 106 Å². The molecule has 96 valence electrons. The standard InChI is InChI=1S/C13H17N3O2/c1-2-17-9-12-15-13(18-16-12)11(8-14)10-6-4-3-5-7-10/h3-7,11H,2,8-9,14H2,1H3. The lowest BCUT2D eigenvalue weighted by molar-refractivity contribution is 0.126. The monoisotopic (exact) mass is 247 g/mol. The highest BCUT2D eigenvalue weighted by molar-refractivity contribution is 5.24. The molecule has 0 fully saturated rings. The van der Waals surface area contributed by atoms with E-state index in [9.17, 15) is 0 Å². The van der Waals surface area contributed by atoms with E-state index in [2.05, 4.69) is 10.1 Å². The van der Waals surface area contributed by atoms with Crippen LogP contribution in [0, 0.1) is 0 Å². The maximum absolute atomic E-state index is 5.79. The van der Waals surface area contributed by atoms with Crippen LogP contribution in [-0.4, -0.2) is 23.3 Å². The Balaban J connectivity index is 2.15. The van der Waals surface area contributed by atoms with Crippen LogP contribution in [0.25, 0.3) is 0 Å². The zero-order chi connectivity index (χ0) is 12.8. The zero-order valence-electron chi connectivity index (χ0n) is 10.4. The van der Waals surface area contributed by atoms with Crippen molar-refractivity contribution in [3.05, 3.63) is 47.6 Å². The van der Waals surface area contributed by atoms with Gasteiger partial charge in [0, 0.05) is 13.2 Å². The van der Waals surface area contributed by atoms with Gasteiger partial charge in [0.2, 0.25) is 5.89 Å². The molecule has 0 aliphatic heterocycles. The Morgan fingerprint density at radius 3 is 2.78 bits per heavy atom. The van der Waals surface area contributed by atoms with E-state index in [1.807, 2.05) is 37.3 Å². The Kier molecular flexibility index (Phi) is 4.44. The van der Waals surface area contributed by atoms with Gasteiger partial charge < -0.3 is 15.0 Å². The number of aromatic nitrogens is 2. The fourth-order valence-electron chi connectivity index (χ4n) is 1.73. The summed E-state index contributed by atoms with van der Waals surface area (Å²) in [4.78, 5) is 4.31. The van der Waals surface area contributed by atoms with Crippen LogP contribution in [-0.2, 0) is 11.3 Å². The van der Waals surface area contributed by atoms with E-state index in [0.29, 0.717) is 31.5 Å². The number of rotatable bonds is 6. The Morgan fingerprint density at radius 2 is 2.11 bits per heavy atom. The summed E-state index contributed by atoms with van der Waals surface area (Å²) in [5, 5.41) is 3.88. The van der Waals surface area contributed by atoms with Gasteiger partial charge in [-0.15, -0.1) is 0 Å². The van der Waals surface area contributed by atoms with E-state index in [0.717, 1.165) is 5.56 Å². The smallest absolute Gasteiger partial charge is 0.235 e. The first-order chi connectivity index (χ1) is 8.85. The Bertz CT molecular complexity index is 470. The lowest BCUT2D eigenvalue weighted by atomic mass is 9.99. The molecule has 18 heavy (non-hydrogen) atoms. The van der Waals surface area contributed by atoms with Crippen molar-refractivity contribution in [1.82, 2.24) is 10.1 Å². The third-order valence-electron chi connectivity index (χ3n) is 2.65. The molecule has 2 N–H and O–H groups in total. The van der Waals surface area contributed by atoms with Crippen molar-refractivity contribution < 1.29 is 9.26 Å². The van der Waals surface area contributed by atoms with Crippen molar-refractivity contribution in [2.75, 3.05) is 13.2 Å². The van der Waals surface area contributed by atoms with E-state index >= 15 is 0 Å². The molecular weight excluding hydrogens is 230 g/mol. The summed E-state index contributed by atoms with van der Waals surface area (Å²) >= 11 is 0. The van der Waals surface area contributed by atoms with Crippen molar-refractivity contribution in [1.29, 1.82) is 0 Å². The second-order valence-electron chi connectivity index (χ2n) is 3.88. The molecular formula is C13H17N3O2. The molecule has 0 saturated heterocycles. The highest BCUT2D eigenvalue weighted by atomic mass is 16.5. The minimum Gasteiger partial charge on any atom is -0.374 e. The molecule has 1 unspecified atom stereocenters. The molecule has 1 aromatic heterocycles. The maximum atomic E-state index is 5.79. The molecule has 0 radical (unpaired) electrons. The second-order valence-corrected chi connectivity index (χ2v) is 3.88. The van der Waals surface area contributed by atoms with Crippen molar-refractivity contribution in [2.45, 2.75) is 19.4 Å². The van der Waals surface area contributed by atoms with E-state index in [1.54, 1.807) is 0 Å². The van der Waals surface area contributed by atoms with Gasteiger partial charge in [-0.25, -0.2) is 0 Å². The van der Waals surface area contributed by atoms with Gasteiger partial charge in [-0.05, 0) is 12.5 Å². The van der Waals surface area contributed by atoms with E-state index < -0.39 is 0 Å². The third kappa shape index (κ3) is 2.94. The minimum absolute atomic E-state index is 0.0610. The molecule has 0 amide bonds. The summed E-state index contributed by atoms with van der Waals surface area (Å²) < 4.78 is 10.5. The lowest BCUT2D eigenvalue weighted by Crippen LogP contribution is -2.14. The molecule has 0 aliphatic rings. The number of hydrogen-bond acceptors (Lipinski definition) is 5. The molecule has 0 spiro atoms. The number of hydrogen-bond donors (Lipinski definition) is 1. The molecule has 1 atom stereocenters. The third-order valence-corrected chi connectivity index (χ3v) is 2.65. The van der Waals surface area contributed by atoms with Crippen LogP contribution >= 0.6 is 0 Å². The average Bonchev–Trinajstić information content (AvgIpc) is 2.87. The van der Waals surface area contributed by atoms with Crippen LogP contribution < -0.4 is 5.73 Å². The predicted molar refractivity (Wildman–Crippen MR) is 67.0 cm³/mol. The van der Waals surface area contributed by atoms with Crippen molar-refractivity contribution in [3.63, 3.8) is 0 Å². The number of nitrogens with zero attached hydrogens (tertiary/aromatic N) is 2. The first kappa shape index (κ1) is 12.7. The molecule has 5 heteroatoms. The van der Waals surface area contributed by atoms with E-state index in [4.69, 9.17) is 15.0 Å². The average molecular weight is 247 g/mol. The van der Waals surface area contributed by atoms with Gasteiger partial charge in [0.1, 0.15) is 6.61 Å². The van der Waals surface area contributed by atoms with Crippen molar-refractivity contribution >= 4 is 0 Å². The van der Waals surface area contributed by atoms with E-state index in [-0.39, 0.29) is 5.92 Å². The van der Waals surface area contributed by atoms with Crippen LogP contribution in [0.5, 0.6) is 0 Å². The first-order valence-corrected chi connectivity index (χ1v) is 6.00. The van der Waals surface area contributed by atoms with Crippen LogP contribution in [0.15, 0.2) is 34.9 Å². The Hall–Kier alpha value is -1.72. The number of benzene rings is 1. The van der Waals surface area contributed by atoms with Gasteiger partial charge >= 0.3 is 0 Å². The molecule has 2 aromatic rings. The van der Waals surface area contributed by atoms with Gasteiger partial charge in [-0.2, -0.15) is 4.98 Å². The maximum Gasteiger partial charge on any atom is 0.235 e. The molecule has 0 saturated carbocycles. The molecule has 5 nitrogen and oxygen atoms in total. The van der Waals surface area contributed by atoms with Crippen LogP contribution in [0.4, 0.5) is 0 Å². The molecule has 0 aliphatic carbocycles. The van der Waals surface area contributed by atoms with Gasteiger partial charge in [-0.3, -0.25) is 0 Å². The fourth-order valence-corrected chi connectivity index (χ4v) is 1.73. The highest BCUT2D eigenvalue weighted by Gasteiger charge is 2.19. The largest absolute Gasteiger partial charge is 0.374 e. The SMILES string of the molecule is CCOCc1noc(C(CN)c2ccccc2)n1. The molecule has 0 bridgehead atoms. The zero-order valence-corrected chi connectivity index (χ0v) is 10.4. The van der Waals surface area contributed by atoms with Crippen molar-refractivity contribution in [2.24, 2.45) is 5.73 Å². The summed E-state index contributed by atoms with van der Waals surface area (Å²) in [7, 11) is 0. The lowest BCUT2D eigenvalue weighted by Gasteiger charge is -2.09. The summed E-state index contributed by atoms with van der Waals surface area (Å²) in [6, 6.07) is 9.91.